The second kappa shape index (κ2) is 4.68. The molecule has 6 heteroatoms. The van der Waals surface area contributed by atoms with Crippen LogP contribution in [0, 0.1) is 0 Å². The van der Waals surface area contributed by atoms with Crippen LogP contribution in [0.1, 0.15) is 22.0 Å². The first-order chi connectivity index (χ1) is 9.99. The second-order valence-electron chi connectivity index (χ2n) is 4.75. The Balaban J connectivity index is 2.07. The molecule has 1 aliphatic rings. The van der Waals surface area contributed by atoms with Crippen molar-refractivity contribution in [1.29, 1.82) is 0 Å². The van der Waals surface area contributed by atoms with Crippen molar-refractivity contribution in [1.82, 2.24) is 0 Å². The average molecular weight is 288 g/mol. The number of ketones is 1. The molecular weight excluding hydrogens is 276 g/mol. The van der Waals surface area contributed by atoms with Crippen LogP contribution in [-0.2, 0) is 0 Å². The highest BCUT2D eigenvalue weighted by Gasteiger charge is 2.37. The molecule has 0 aliphatic carbocycles. The lowest BCUT2D eigenvalue weighted by Gasteiger charge is -2.29. The molecule has 0 saturated heterocycles. The third kappa shape index (κ3) is 2.05. The number of phenols is 3. The van der Waals surface area contributed by atoms with Gasteiger partial charge in [-0.1, -0.05) is 12.1 Å². The molecule has 0 radical (unpaired) electrons. The van der Waals surface area contributed by atoms with Gasteiger partial charge < -0.3 is 25.2 Å². The third-order valence-corrected chi connectivity index (χ3v) is 3.38. The summed E-state index contributed by atoms with van der Waals surface area (Å²) in [6.07, 6.45) is -2.55. The van der Waals surface area contributed by atoms with Gasteiger partial charge in [0.25, 0.3) is 0 Å². The van der Waals surface area contributed by atoms with Crippen LogP contribution in [0.4, 0.5) is 0 Å². The zero-order chi connectivity index (χ0) is 15.1. The number of Topliss-reactive ketones (excluding diaryl/α,β-unsaturated/α-hetero) is 1. The summed E-state index contributed by atoms with van der Waals surface area (Å²) in [7, 11) is 0. The lowest BCUT2D eigenvalue weighted by molar-refractivity contribution is 0.0215. The van der Waals surface area contributed by atoms with Gasteiger partial charge in [0, 0.05) is 5.56 Å². The molecule has 0 bridgehead atoms. The van der Waals surface area contributed by atoms with Crippen molar-refractivity contribution in [3.05, 3.63) is 47.5 Å². The quantitative estimate of drug-likeness (QED) is 0.592. The minimum absolute atomic E-state index is 0.179. The first-order valence-electron chi connectivity index (χ1n) is 6.22. The molecule has 108 valence electrons. The number of carbonyl (C=O) groups excluding carboxylic acids is 1. The summed E-state index contributed by atoms with van der Waals surface area (Å²) >= 11 is 0. The SMILES string of the molecule is O=C1c2ccccc2OC(c2cc(O)c(O)c(O)c2)C1O. The summed E-state index contributed by atoms with van der Waals surface area (Å²) in [6, 6.07) is 8.74. The highest BCUT2D eigenvalue weighted by atomic mass is 16.5. The minimum Gasteiger partial charge on any atom is -0.504 e. The molecule has 2 unspecified atom stereocenters. The Morgan fingerprint density at radius 2 is 1.62 bits per heavy atom. The lowest BCUT2D eigenvalue weighted by Crippen LogP contribution is -2.36. The molecule has 0 spiro atoms. The summed E-state index contributed by atoms with van der Waals surface area (Å²) in [5, 5.41) is 38.5. The Bertz CT molecular complexity index is 701. The molecule has 2 aromatic carbocycles. The maximum absolute atomic E-state index is 12.1. The maximum Gasteiger partial charge on any atom is 0.200 e. The summed E-state index contributed by atoms with van der Waals surface area (Å²) in [5.74, 6) is -1.99. The number of benzene rings is 2. The van der Waals surface area contributed by atoms with Crippen LogP contribution in [0.2, 0.25) is 0 Å². The summed E-state index contributed by atoms with van der Waals surface area (Å²) in [6.45, 7) is 0. The molecule has 1 heterocycles. The number of carbonyl (C=O) groups is 1. The Labute approximate surface area is 119 Å². The van der Waals surface area contributed by atoms with Crippen LogP contribution >= 0.6 is 0 Å². The molecule has 0 aromatic heterocycles. The first-order valence-corrected chi connectivity index (χ1v) is 6.22. The van der Waals surface area contributed by atoms with Gasteiger partial charge in [-0.05, 0) is 24.3 Å². The second-order valence-corrected chi connectivity index (χ2v) is 4.75. The Hall–Kier alpha value is -2.73. The fraction of sp³-hybridized carbons (Fsp3) is 0.133. The van der Waals surface area contributed by atoms with Crippen molar-refractivity contribution in [2.45, 2.75) is 12.2 Å². The van der Waals surface area contributed by atoms with Gasteiger partial charge in [-0.3, -0.25) is 4.79 Å². The number of aliphatic hydroxyl groups is 1. The molecule has 21 heavy (non-hydrogen) atoms. The van der Waals surface area contributed by atoms with Gasteiger partial charge in [0.15, 0.2) is 35.2 Å². The smallest absolute Gasteiger partial charge is 0.200 e. The van der Waals surface area contributed by atoms with Crippen molar-refractivity contribution in [2.24, 2.45) is 0 Å². The number of ether oxygens (including phenoxy) is 1. The van der Waals surface area contributed by atoms with Crippen molar-refractivity contribution >= 4 is 5.78 Å². The molecular formula is C15H12O6. The van der Waals surface area contributed by atoms with E-state index in [1.807, 2.05) is 0 Å². The largest absolute Gasteiger partial charge is 0.504 e. The zero-order valence-corrected chi connectivity index (χ0v) is 10.7. The Morgan fingerprint density at radius 1 is 1.00 bits per heavy atom. The molecule has 0 amide bonds. The van der Waals surface area contributed by atoms with Gasteiger partial charge in [0.05, 0.1) is 5.56 Å². The standard InChI is InChI=1S/C15H12O6/c16-9-5-7(6-10(17)13(9)19)15-14(20)12(18)8-3-1-2-4-11(8)21-15/h1-6,14-17,19-20H. The topological polar surface area (TPSA) is 107 Å². The summed E-state index contributed by atoms with van der Waals surface area (Å²) < 4.78 is 5.58. The van der Waals surface area contributed by atoms with Crippen molar-refractivity contribution in [3.8, 4) is 23.0 Å². The fourth-order valence-corrected chi connectivity index (χ4v) is 2.31. The van der Waals surface area contributed by atoms with Gasteiger partial charge in [-0.2, -0.15) is 0 Å². The molecule has 3 rings (SSSR count). The molecule has 6 nitrogen and oxygen atoms in total. The zero-order valence-electron chi connectivity index (χ0n) is 10.7. The third-order valence-electron chi connectivity index (χ3n) is 3.38. The predicted octanol–water partition coefficient (Wildman–Crippen LogP) is 1.48. The fourth-order valence-electron chi connectivity index (χ4n) is 2.31. The predicted molar refractivity (Wildman–Crippen MR) is 71.6 cm³/mol. The Morgan fingerprint density at radius 3 is 2.29 bits per heavy atom. The van der Waals surface area contributed by atoms with E-state index in [0.29, 0.717) is 5.75 Å². The van der Waals surface area contributed by atoms with Crippen LogP contribution in [-0.4, -0.2) is 32.3 Å². The van der Waals surface area contributed by atoms with Crippen LogP contribution in [0.5, 0.6) is 23.0 Å². The number of hydrogen-bond donors (Lipinski definition) is 4. The highest BCUT2D eigenvalue weighted by Crippen LogP contribution is 2.41. The molecule has 1 aliphatic heterocycles. The number of hydrogen-bond acceptors (Lipinski definition) is 6. The number of phenolic OH excluding ortho intramolecular Hbond substituents is 3. The van der Waals surface area contributed by atoms with Crippen LogP contribution in [0.3, 0.4) is 0 Å². The monoisotopic (exact) mass is 288 g/mol. The number of fused-ring (bicyclic) bond motifs is 1. The summed E-state index contributed by atoms with van der Waals surface area (Å²) in [5.41, 5.74) is 0.451. The molecule has 4 N–H and O–H groups in total. The van der Waals surface area contributed by atoms with E-state index >= 15 is 0 Å². The number of para-hydroxylation sites is 1. The number of aromatic hydroxyl groups is 3. The minimum atomic E-state index is -1.47. The van der Waals surface area contributed by atoms with Gasteiger partial charge in [0.2, 0.25) is 0 Å². The summed E-state index contributed by atoms with van der Waals surface area (Å²) in [4.78, 5) is 12.1. The van der Waals surface area contributed by atoms with E-state index in [0.717, 1.165) is 12.1 Å². The van der Waals surface area contributed by atoms with Crippen LogP contribution in [0.15, 0.2) is 36.4 Å². The van der Waals surface area contributed by atoms with Gasteiger partial charge in [-0.15, -0.1) is 0 Å². The number of rotatable bonds is 1. The molecule has 0 saturated carbocycles. The van der Waals surface area contributed by atoms with Crippen LogP contribution < -0.4 is 4.74 Å². The van der Waals surface area contributed by atoms with E-state index in [9.17, 15) is 25.2 Å². The highest BCUT2D eigenvalue weighted by molar-refractivity contribution is 6.03. The van der Waals surface area contributed by atoms with E-state index < -0.39 is 35.2 Å². The van der Waals surface area contributed by atoms with Crippen LogP contribution in [0.25, 0.3) is 0 Å². The van der Waals surface area contributed by atoms with E-state index in [-0.39, 0.29) is 11.1 Å². The van der Waals surface area contributed by atoms with Crippen molar-refractivity contribution < 1.29 is 30.0 Å². The van der Waals surface area contributed by atoms with Gasteiger partial charge in [0.1, 0.15) is 5.75 Å². The maximum atomic E-state index is 12.1. The number of aliphatic hydroxyl groups excluding tert-OH is 1. The van der Waals surface area contributed by atoms with E-state index in [2.05, 4.69) is 0 Å². The molecule has 2 atom stereocenters. The van der Waals surface area contributed by atoms with E-state index in [1.54, 1.807) is 24.3 Å². The Kier molecular flexibility index (Phi) is 2.95. The van der Waals surface area contributed by atoms with E-state index in [4.69, 9.17) is 4.74 Å². The first kappa shape index (κ1) is 13.3. The van der Waals surface area contributed by atoms with Gasteiger partial charge in [-0.25, -0.2) is 0 Å². The van der Waals surface area contributed by atoms with E-state index in [1.165, 1.54) is 0 Å². The van der Waals surface area contributed by atoms with Crippen molar-refractivity contribution in [3.63, 3.8) is 0 Å². The average Bonchev–Trinajstić information content (AvgIpc) is 2.48. The van der Waals surface area contributed by atoms with Gasteiger partial charge >= 0.3 is 0 Å². The normalized spacial score (nSPS) is 20.7. The lowest BCUT2D eigenvalue weighted by atomic mass is 9.93. The molecule has 0 fully saturated rings. The van der Waals surface area contributed by atoms with Crippen molar-refractivity contribution in [2.75, 3.05) is 0 Å². The molecule has 2 aromatic rings.